The van der Waals surface area contributed by atoms with Gasteiger partial charge in [0.2, 0.25) is 0 Å². The van der Waals surface area contributed by atoms with Crippen LogP contribution in [0.2, 0.25) is 0 Å². The van der Waals surface area contributed by atoms with E-state index in [0.29, 0.717) is 0 Å². The molecule has 0 aliphatic carbocycles. The monoisotopic (exact) mass is 156 g/mol. The van der Waals surface area contributed by atoms with Crippen LogP contribution in [0.25, 0.3) is 0 Å². The molecule has 66 valence electrons. The normalized spacial score (nSPS) is 26.7. The van der Waals surface area contributed by atoms with Gasteiger partial charge in [0, 0.05) is 19.6 Å². The van der Waals surface area contributed by atoms with Crippen LogP contribution in [-0.2, 0) is 0 Å². The molecular weight excluding hydrogens is 136 g/mol. The summed E-state index contributed by atoms with van der Waals surface area (Å²) in [5.41, 5.74) is 5.49. The lowest BCUT2D eigenvalue weighted by Gasteiger charge is -2.16. The smallest absolute Gasteiger partial charge is 0.0105 e. The van der Waals surface area contributed by atoms with E-state index in [1.165, 1.54) is 19.5 Å². The van der Waals surface area contributed by atoms with Gasteiger partial charge in [0.15, 0.2) is 0 Å². The third-order valence-electron chi connectivity index (χ3n) is 2.70. The zero-order valence-corrected chi connectivity index (χ0v) is 7.71. The molecular formula is C9H20N2. The van der Waals surface area contributed by atoms with Crippen molar-refractivity contribution in [2.75, 3.05) is 26.2 Å². The topological polar surface area (TPSA) is 29.3 Å². The van der Waals surface area contributed by atoms with E-state index < -0.39 is 0 Å². The lowest BCUT2D eigenvalue weighted by atomic mass is 9.95. The van der Waals surface area contributed by atoms with Gasteiger partial charge in [0.1, 0.15) is 0 Å². The van der Waals surface area contributed by atoms with Gasteiger partial charge in [-0.05, 0) is 24.8 Å². The highest BCUT2D eigenvalue weighted by Crippen LogP contribution is 2.22. The van der Waals surface area contributed by atoms with Gasteiger partial charge in [-0.2, -0.15) is 0 Å². The Bertz CT molecular complexity index is 112. The molecule has 2 N–H and O–H groups in total. The maximum atomic E-state index is 5.49. The van der Waals surface area contributed by atoms with Crippen molar-refractivity contribution in [3.8, 4) is 0 Å². The fourth-order valence-electron chi connectivity index (χ4n) is 1.79. The second-order valence-electron chi connectivity index (χ2n) is 3.88. The fourth-order valence-corrected chi connectivity index (χ4v) is 1.79. The van der Waals surface area contributed by atoms with Gasteiger partial charge in [-0.15, -0.1) is 0 Å². The first-order chi connectivity index (χ1) is 5.24. The summed E-state index contributed by atoms with van der Waals surface area (Å²) in [4.78, 5) is 2.48. The van der Waals surface area contributed by atoms with Gasteiger partial charge in [-0.25, -0.2) is 0 Å². The number of hydrogen-bond donors (Lipinski definition) is 1. The van der Waals surface area contributed by atoms with Gasteiger partial charge in [0.25, 0.3) is 0 Å². The Balaban J connectivity index is 2.23. The molecule has 2 nitrogen and oxygen atoms in total. The molecule has 0 amide bonds. The average Bonchev–Trinajstić information content (AvgIpc) is 2.37. The summed E-state index contributed by atoms with van der Waals surface area (Å²) in [6.07, 6.45) is 1.37. The third-order valence-corrected chi connectivity index (χ3v) is 2.70. The molecule has 1 unspecified atom stereocenters. The lowest BCUT2D eigenvalue weighted by molar-refractivity contribution is 0.310. The van der Waals surface area contributed by atoms with Crippen LogP contribution >= 0.6 is 0 Å². The van der Waals surface area contributed by atoms with Crippen LogP contribution in [-0.4, -0.2) is 31.1 Å². The summed E-state index contributed by atoms with van der Waals surface area (Å²) in [6, 6.07) is 0. The van der Waals surface area contributed by atoms with E-state index in [4.69, 9.17) is 5.73 Å². The van der Waals surface area contributed by atoms with Gasteiger partial charge in [0.05, 0.1) is 0 Å². The Labute approximate surface area is 69.8 Å². The highest BCUT2D eigenvalue weighted by molar-refractivity contribution is 4.77. The minimum absolute atomic E-state index is 0.810. The molecule has 2 heteroatoms. The van der Waals surface area contributed by atoms with Crippen molar-refractivity contribution >= 4 is 0 Å². The van der Waals surface area contributed by atoms with Crippen molar-refractivity contribution in [2.45, 2.75) is 20.3 Å². The van der Waals surface area contributed by atoms with E-state index in [1.807, 2.05) is 0 Å². The van der Waals surface area contributed by atoms with E-state index in [1.54, 1.807) is 0 Å². The maximum Gasteiger partial charge on any atom is 0.0105 e. The molecule has 1 heterocycles. The van der Waals surface area contributed by atoms with E-state index >= 15 is 0 Å². The molecule has 11 heavy (non-hydrogen) atoms. The lowest BCUT2D eigenvalue weighted by Crippen LogP contribution is -2.27. The standard InChI is InChI=1S/C9H20N2/c1-8(2)9-3-5-11(7-9)6-4-10/h8-9H,3-7,10H2,1-2H3. The number of rotatable bonds is 3. The van der Waals surface area contributed by atoms with Crippen LogP contribution in [0.5, 0.6) is 0 Å². The van der Waals surface area contributed by atoms with Crippen LogP contribution in [0.1, 0.15) is 20.3 Å². The largest absolute Gasteiger partial charge is 0.329 e. The van der Waals surface area contributed by atoms with Crippen LogP contribution in [0.3, 0.4) is 0 Å². The first-order valence-corrected chi connectivity index (χ1v) is 4.66. The van der Waals surface area contributed by atoms with Crippen LogP contribution in [0.4, 0.5) is 0 Å². The van der Waals surface area contributed by atoms with Crippen molar-refractivity contribution in [1.82, 2.24) is 4.90 Å². The minimum atomic E-state index is 0.810. The van der Waals surface area contributed by atoms with Crippen LogP contribution in [0.15, 0.2) is 0 Å². The summed E-state index contributed by atoms with van der Waals surface area (Å²) in [7, 11) is 0. The van der Waals surface area contributed by atoms with E-state index in [9.17, 15) is 0 Å². The fraction of sp³-hybridized carbons (Fsp3) is 1.00. The summed E-state index contributed by atoms with van der Waals surface area (Å²) in [5.74, 6) is 1.76. The molecule has 0 bridgehead atoms. The molecule has 0 spiro atoms. The van der Waals surface area contributed by atoms with Crippen molar-refractivity contribution in [2.24, 2.45) is 17.6 Å². The molecule has 0 radical (unpaired) electrons. The number of nitrogens with zero attached hydrogens (tertiary/aromatic N) is 1. The second-order valence-corrected chi connectivity index (χ2v) is 3.88. The first-order valence-electron chi connectivity index (χ1n) is 4.66. The highest BCUT2D eigenvalue weighted by atomic mass is 15.1. The minimum Gasteiger partial charge on any atom is -0.329 e. The SMILES string of the molecule is CC(C)C1CCN(CCN)C1. The Hall–Kier alpha value is -0.0800. The zero-order valence-electron chi connectivity index (χ0n) is 7.71. The van der Waals surface area contributed by atoms with Gasteiger partial charge in [-0.1, -0.05) is 13.8 Å². The molecule has 0 aromatic heterocycles. The average molecular weight is 156 g/mol. The second kappa shape index (κ2) is 4.07. The van der Waals surface area contributed by atoms with Gasteiger partial charge < -0.3 is 10.6 Å². The Morgan fingerprint density at radius 1 is 1.55 bits per heavy atom. The summed E-state index contributed by atoms with van der Waals surface area (Å²) in [6.45, 7) is 9.07. The van der Waals surface area contributed by atoms with E-state index in [0.717, 1.165) is 24.9 Å². The molecule has 1 atom stereocenters. The Morgan fingerprint density at radius 3 is 2.73 bits per heavy atom. The van der Waals surface area contributed by atoms with E-state index in [2.05, 4.69) is 18.7 Å². The molecule has 1 fully saturated rings. The Kier molecular flexibility index (Phi) is 3.34. The predicted molar refractivity (Wildman–Crippen MR) is 48.4 cm³/mol. The van der Waals surface area contributed by atoms with Crippen molar-refractivity contribution in [3.05, 3.63) is 0 Å². The highest BCUT2D eigenvalue weighted by Gasteiger charge is 2.23. The van der Waals surface area contributed by atoms with Crippen molar-refractivity contribution < 1.29 is 0 Å². The van der Waals surface area contributed by atoms with Crippen LogP contribution < -0.4 is 5.73 Å². The maximum absolute atomic E-state index is 5.49. The van der Waals surface area contributed by atoms with Crippen molar-refractivity contribution in [3.63, 3.8) is 0 Å². The summed E-state index contributed by atoms with van der Waals surface area (Å²) >= 11 is 0. The molecule has 0 saturated carbocycles. The quantitative estimate of drug-likeness (QED) is 0.658. The summed E-state index contributed by atoms with van der Waals surface area (Å²) in [5, 5.41) is 0. The molecule has 1 aliphatic heterocycles. The third kappa shape index (κ3) is 2.46. The number of hydrogen-bond acceptors (Lipinski definition) is 2. The van der Waals surface area contributed by atoms with E-state index in [-0.39, 0.29) is 0 Å². The summed E-state index contributed by atoms with van der Waals surface area (Å²) < 4.78 is 0. The van der Waals surface area contributed by atoms with Crippen molar-refractivity contribution in [1.29, 1.82) is 0 Å². The number of nitrogens with two attached hydrogens (primary N) is 1. The first kappa shape index (κ1) is 9.01. The Morgan fingerprint density at radius 2 is 2.27 bits per heavy atom. The molecule has 1 rings (SSSR count). The zero-order chi connectivity index (χ0) is 8.27. The molecule has 1 saturated heterocycles. The predicted octanol–water partition coefficient (Wildman–Crippen LogP) is 0.923. The molecule has 0 aromatic rings. The van der Waals surface area contributed by atoms with Crippen LogP contribution in [0, 0.1) is 11.8 Å². The van der Waals surface area contributed by atoms with Gasteiger partial charge >= 0.3 is 0 Å². The molecule has 0 aromatic carbocycles. The number of likely N-dealkylation sites (tertiary alicyclic amines) is 1. The molecule has 1 aliphatic rings. The van der Waals surface area contributed by atoms with Gasteiger partial charge in [-0.3, -0.25) is 0 Å².